The molecule has 3 aromatic heterocycles. The van der Waals surface area contributed by atoms with Gasteiger partial charge >= 0.3 is 220 Å². The number of benzene rings is 9. The first-order chi connectivity index (χ1) is 31.7. The van der Waals surface area contributed by atoms with Gasteiger partial charge in [-0.1, -0.05) is 78.9 Å². The number of fused-ring (bicyclic) bond motifs is 10. The zero-order valence-corrected chi connectivity index (χ0v) is 36.6. The Labute approximate surface area is 380 Å². The smallest absolute Gasteiger partial charge is 0.309 e. The van der Waals surface area contributed by atoms with E-state index in [1.165, 1.54) is 56.2 Å². The summed E-state index contributed by atoms with van der Waals surface area (Å²) in [6.45, 7) is 0. The van der Waals surface area contributed by atoms with Crippen LogP contribution in [0.4, 0.5) is 0 Å². The van der Waals surface area contributed by atoms with Crippen molar-refractivity contribution in [2.24, 2.45) is 0 Å². The van der Waals surface area contributed by atoms with E-state index in [0.717, 1.165) is 61.7 Å². The molecule has 0 saturated carbocycles. The standard InChI is InChI=1S/C59H36IN4/c1-2-15-40(16-3-1)59-62-51(36-52(63-59)42-18-13-20-44(35-42)64-53-26-10-7-22-46(53)47-23-8-11-27-54(47)64)39-30-28-37(29-31-39)41-17-12-19-43(34-41)58-56-48-24-6-9-25-49(48)60-57(56)55-45-21-5-4-14-38(45)32-33-50(55)61-58/h1-36H/q-1. The van der Waals surface area contributed by atoms with Crippen LogP contribution >= 0.6 is 0 Å². The monoisotopic (exact) mass is 927 g/mol. The number of pyridine rings is 1. The predicted octanol–water partition coefficient (Wildman–Crippen LogP) is 11.7. The van der Waals surface area contributed by atoms with Gasteiger partial charge in [0.1, 0.15) is 0 Å². The summed E-state index contributed by atoms with van der Waals surface area (Å²) in [5.74, 6) is 0.694. The van der Waals surface area contributed by atoms with Crippen molar-refractivity contribution in [2.45, 2.75) is 0 Å². The van der Waals surface area contributed by atoms with Gasteiger partial charge in [0.25, 0.3) is 0 Å². The first-order valence-corrected chi connectivity index (χ1v) is 23.7. The number of hydrogen-bond donors (Lipinski definition) is 0. The summed E-state index contributed by atoms with van der Waals surface area (Å²) in [5.41, 5.74) is 16.4. The summed E-state index contributed by atoms with van der Waals surface area (Å²) in [7, 11) is 0. The fraction of sp³-hybridized carbons (Fsp3) is 0. The molecule has 1 aliphatic rings. The van der Waals surface area contributed by atoms with E-state index in [4.69, 9.17) is 15.0 Å². The second kappa shape index (κ2) is 15.0. The van der Waals surface area contributed by atoms with Gasteiger partial charge in [-0.15, -0.1) is 0 Å². The van der Waals surface area contributed by atoms with Crippen LogP contribution in [0, 0.1) is 7.14 Å². The molecule has 4 nitrogen and oxygen atoms in total. The SMILES string of the molecule is c1ccc(-c2nc(-c3ccc(-c4cccc(-c5nc6ccc7ccccc7c6c6c5-c5ccccc5[I-]6)c4)cc3)cc(-c3cccc(-n4c5ccccc5c5ccccc54)c3)n2)cc1. The van der Waals surface area contributed by atoms with E-state index in [0.29, 0.717) is 5.82 Å². The van der Waals surface area contributed by atoms with Gasteiger partial charge in [0, 0.05) is 27.6 Å². The molecule has 0 fully saturated rings. The Morgan fingerprint density at radius 2 is 1.02 bits per heavy atom. The first kappa shape index (κ1) is 36.9. The molecule has 0 N–H and O–H groups in total. The Morgan fingerprint density at radius 3 is 1.83 bits per heavy atom. The van der Waals surface area contributed by atoms with Gasteiger partial charge in [-0.05, 0) is 24.3 Å². The predicted molar refractivity (Wildman–Crippen MR) is 259 cm³/mol. The molecule has 0 unspecified atom stereocenters. The fourth-order valence-electron chi connectivity index (χ4n) is 9.53. The van der Waals surface area contributed by atoms with Crippen LogP contribution in [0.1, 0.15) is 0 Å². The molecular formula is C59H36IN4-. The van der Waals surface area contributed by atoms with Crippen molar-refractivity contribution in [1.82, 2.24) is 19.5 Å². The second-order valence-corrected chi connectivity index (χ2v) is 19.1. The minimum Gasteiger partial charge on any atom is -0.309 e. The molecule has 64 heavy (non-hydrogen) atoms. The van der Waals surface area contributed by atoms with Crippen molar-refractivity contribution in [1.29, 1.82) is 0 Å². The summed E-state index contributed by atoms with van der Waals surface area (Å²) in [6.07, 6.45) is 0. The molecule has 0 bridgehead atoms. The average molecular weight is 928 g/mol. The molecule has 0 aliphatic carbocycles. The fourth-order valence-corrected chi connectivity index (χ4v) is 12.9. The van der Waals surface area contributed by atoms with E-state index >= 15 is 0 Å². The van der Waals surface area contributed by atoms with Gasteiger partial charge in [0.05, 0.1) is 16.7 Å². The van der Waals surface area contributed by atoms with E-state index < -0.39 is 0 Å². The Kier molecular flexibility index (Phi) is 8.62. The molecule has 12 aromatic rings. The summed E-state index contributed by atoms with van der Waals surface area (Å²) >= 11 is -0.373. The van der Waals surface area contributed by atoms with Gasteiger partial charge in [-0.3, -0.25) is 0 Å². The van der Waals surface area contributed by atoms with Gasteiger partial charge < -0.3 is 4.57 Å². The summed E-state index contributed by atoms with van der Waals surface area (Å²) in [4.78, 5) is 15.9. The normalized spacial score (nSPS) is 12.1. The molecular weight excluding hydrogens is 892 g/mol. The van der Waals surface area contributed by atoms with Crippen LogP contribution in [0.2, 0.25) is 0 Å². The molecule has 0 spiro atoms. The number of hydrogen-bond acceptors (Lipinski definition) is 3. The van der Waals surface area contributed by atoms with Crippen LogP contribution in [0.3, 0.4) is 0 Å². The maximum absolute atomic E-state index is 5.47. The molecule has 0 radical (unpaired) electrons. The molecule has 5 heteroatoms. The second-order valence-electron chi connectivity index (χ2n) is 16.3. The van der Waals surface area contributed by atoms with E-state index in [2.05, 4.69) is 205 Å². The number of para-hydroxylation sites is 2. The molecule has 13 rings (SSSR count). The van der Waals surface area contributed by atoms with Crippen molar-refractivity contribution >= 4 is 43.5 Å². The Hall–Kier alpha value is -7.74. The van der Waals surface area contributed by atoms with Gasteiger partial charge in [-0.25, -0.2) is 4.98 Å². The van der Waals surface area contributed by atoms with Crippen LogP contribution in [-0.2, 0) is 0 Å². The molecule has 9 aromatic carbocycles. The topological polar surface area (TPSA) is 43.6 Å². The molecule has 1 aliphatic heterocycles. The zero-order chi connectivity index (χ0) is 42.1. The van der Waals surface area contributed by atoms with Gasteiger partial charge in [0.2, 0.25) is 0 Å². The van der Waals surface area contributed by atoms with Crippen LogP contribution in [0.25, 0.3) is 117 Å². The third-order valence-corrected chi connectivity index (χ3v) is 15.7. The van der Waals surface area contributed by atoms with E-state index in [1.54, 1.807) is 0 Å². The quantitative estimate of drug-likeness (QED) is 0.123. The number of aromatic nitrogens is 4. The van der Waals surface area contributed by atoms with Crippen LogP contribution in [-0.4, -0.2) is 19.5 Å². The molecule has 0 saturated heterocycles. The summed E-state index contributed by atoms with van der Waals surface area (Å²) in [6, 6.07) is 78.2. The minimum atomic E-state index is -0.373. The minimum absolute atomic E-state index is 0.373. The number of nitrogens with zero attached hydrogens (tertiary/aromatic N) is 4. The molecule has 300 valence electrons. The third kappa shape index (κ3) is 6.07. The summed E-state index contributed by atoms with van der Waals surface area (Å²) < 4.78 is 5.29. The number of halogens is 1. The first-order valence-electron chi connectivity index (χ1n) is 21.6. The van der Waals surface area contributed by atoms with Crippen molar-refractivity contribution in [3.05, 3.63) is 226 Å². The van der Waals surface area contributed by atoms with Crippen LogP contribution < -0.4 is 21.2 Å². The van der Waals surface area contributed by atoms with Crippen LogP contribution in [0.15, 0.2) is 218 Å². The Bertz CT molecular complexity index is 3760. The molecule has 0 atom stereocenters. The third-order valence-electron chi connectivity index (χ3n) is 12.5. The van der Waals surface area contributed by atoms with Crippen molar-refractivity contribution in [2.75, 3.05) is 0 Å². The van der Waals surface area contributed by atoms with E-state index in [9.17, 15) is 0 Å². The maximum atomic E-state index is 5.47. The van der Waals surface area contributed by atoms with Crippen molar-refractivity contribution in [3.63, 3.8) is 0 Å². The van der Waals surface area contributed by atoms with Gasteiger partial charge in [0.15, 0.2) is 5.82 Å². The van der Waals surface area contributed by atoms with Gasteiger partial charge in [-0.2, -0.15) is 0 Å². The molecule has 4 heterocycles. The average Bonchev–Trinajstić information content (AvgIpc) is 3.93. The zero-order valence-electron chi connectivity index (χ0n) is 34.5. The Morgan fingerprint density at radius 1 is 0.391 bits per heavy atom. The van der Waals surface area contributed by atoms with Crippen LogP contribution in [0.5, 0.6) is 0 Å². The summed E-state index contributed by atoms with van der Waals surface area (Å²) in [5, 5.41) is 6.34. The van der Waals surface area contributed by atoms with E-state index in [1.807, 2.05) is 18.2 Å². The molecule has 0 amide bonds. The van der Waals surface area contributed by atoms with Crippen molar-refractivity contribution in [3.8, 4) is 73.1 Å². The van der Waals surface area contributed by atoms with E-state index in [-0.39, 0.29) is 21.2 Å². The Balaban J connectivity index is 0.897. The number of rotatable bonds is 6. The van der Waals surface area contributed by atoms with Crippen molar-refractivity contribution < 1.29 is 21.2 Å².